The third-order valence-corrected chi connectivity index (χ3v) is 4.60. The zero-order valence-corrected chi connectivity index (χ0v) is 16.8. The molecule has 0 aromatic carbocycles. The fourth-order valence-corrected chi connectivity index (χ4v) is 2.96. The molecule has 1 saturated heterocycles. The molecule has 0 radical (unpaired) electrons. The Kier molecular flexibility index (Phi) is 13.6. The van der Waals surface area contributed by atoms with Crippen molar-refractivity contribution < 1.29 is 18.9 Å². The standard InChI is InChI=1S/C19H37N3O4/c1-4-7-10-23-15-17-19(25-12-9-6-3)18(24-11-8-5-2)16(14-26-17)13-21-22-20/h16-19H,4-15H2,1-3H3/t16-,17-,18-,19+/m1/s1. The second kappa shape index (κ2) is 15.2. The molecular formula is C19H37N3O4. The monoisotopic (exact) mass is 371 g/mol. The van der Waals surface area contributed by atoms with Crippen LogP contribution in [0.3, 0.4) is 0 Å². The number of ether oxygens (including phenoxy) is 4. The van der Waals surface area contributed by atoms with Crippen LogP contribution >= 0.6 is 0 Å². The summed E-state index contributed by atoms with van der Waals surface area (Å²) in [6.07, 6.45) is 5.86. The van der Waals surface area contributed by atoms with Crippen molar-refractivity contribution in [2.24, 2.45) is 11.0 Å². The number of hydrogen-bond acceptors (Lipinski definition) is 5. The zero-order chi connectivity index (χ0) is 19.0. The predicted octanol–water partition coefficient (Wildman–Crippen LogP) is 4.50. The zero-order valence-electron chi connectivity index (χ0n) is 16.8. The average Bonchev–Trinajstić information content (AvgIpc) is 2.66. The molecule has 0 amide bonds. The highest BCUT2D eigenvalue weighted by Gasteiger charge is 2.41. The number of azide groups is 1. The van der Waals surface area contributed by atoms with Crippen LogP contribution in [-0.4, -0.2) is 57.9 Å². The van der Waals surface area contributed by atoms with E-state index in [1.165, 1.54) is 0 Å². The molecule has 152 valence electrons. The largest absolute Gasteiger partial charge is 0.379 e. The van der Waals surface area contributed by atoms with E-state index in [0.717, 1.165) is 45.1 Å². The highest BCUT2D eigenvalue weighted by molar-refractivity contribution is 4.90. The summed E-state index contributed by atoms with van der Waals surface area (Å²) in [5.74, 6) is 0.0151. The summed E-state index contributed by atoms with van der Waals surface area (Å²) in [4.78, 5) is 2.90. The van der Waals surface area contributed by atoms with Gasteiger partial charge >= 0.3 is 0 Å². The van der Waals surface area contributed by atoms with Crippen molar-refractivity contribution in [3.8, 4) is 0 Å². The van der Waals surface area contributed by atoms with E-state index in [1.807, 2.05) is 0 Å². The molecule has 26 heavy (non-hydrogen) atoms. The van der Waals surface area contributed by atoms with Crippen LogP contribution in [0.4, 0.5) is 0 Å². The summed E-state index contributed by atoms with van der Waals surface area (Å²) in [6, 6.07) is 0. The first kappa shape index (κ1) is 23.2. The minimum Gasteiger partial charge on any atom is -0.379 e. The van der Waals surface area contributed by atoms with Crippen LogP contribution in [0.1, 0.15) is 59.3 Å². The molecule has 0 aliphatic carbocycles. The number of nitrogens with zero attached hydrogens (tertiary/aromatic N) is 3. The van der Waals surface area contributed by atoms with Gasteiger partial charge in [0.2, 0.25) is 0 Å². The summed E-state index contributed by atoms with van der Waals surface area (Å²) < 4.78 is 24.2. The van der Waals surface area contributed by atoms with Crippen LogP contribution in [0.5, 0.6) is 0 Å². The van der Waals surface area contributed by atoms with Crippen molar-refractivity contribution in [1.29, 1.82) is 0 Å². The SMILES string of the molecule is CCCCOC[C@H]1OC[C@@H](CN=[N+]=[N-])[C@@H](OCCCC)[C@H]1OCCCC. The molecule has 1 heterocycles. The Morgan fingerprint density at radius 2 is 1.58 bits per heavy atom. The van der Waals surface area contributed by atoms with Gasteiger partial charge in [0.1, 0.15) is 12.2 Å². The number of unbranched alkanes of at least 4 members (excludes halogenated alkanes) is 3. The van der Waals surface area contributed by atoms with Crippen molar-refractivity contribution in [1.82, 2.24) is 0 Å². The van der Waals surface area contributed by atoms with Gasteiger partial charge in [-0.05, 0) is 24.8 Å². The lowest BCUT2D eigenvalue weighted by atomic mass is 9.92. The molecule has 0 spiro atoms. The van der Waals surface area contributed by atoms with E-state index in [9.17, 15) is 0 Å². The molecule has 0 N–H and O–H groups in total. The van der Waals surface area contributed by atoms with Crippen LogP contribution in [0.25, 0.3) is 10.4 Å². The lowest BCUT2D eigenvalue weighted by molar-refractivity contribution is -0.211. The Labute approximate surface area is 158 Å². The minimum atomic E-state index is -0.187. The van der Waals surface area contributed by atoms with Gasteiger partial charge in [-0.1, -0.05) is 45.1 Å². The second-order valence-corrected chi connectivity index (χ2v) is 6.85. The summed E-state index contributed by atoms with van der Waals surface area (Å²) >= 11 is 0. The molecule has 7 heteroatoms. The van der Waals surface area contributed by atoms with Crippen molar-refractivity contribution in [3.63, 3.8) is 0 Å². The Balaban J connectivity index is 2.76. The quantitative estimate of drug-likeness (QED) is 0.184. The van der Waals surface area contributed by atoms with Gasteiger partial charge in [-0.2, -0.15) is 0 Å². The fourth-order valence-electron chi connectivity index (χ4n) is 2.96. The highest BCUT2D eigenvalue weighted by Crippen LogP contribution is 2.27. The summed E-state index contributed by atoms with van der Waals surface area (Å²) in [5.41, 5.74) is 8.68. The van der Waals surface area contributed by atoms with Gasteiger partial charge in [-0.25, -0.2) is 0 Å². The van der Waals surface area contributed by atoms with Crippen molar-refractivity contribution in [2.45, 2.75) is 77.6 Å². The molecule has 1 aliphatic rings. The predicted molar refractivity (Wildman–Crippen MR) is 102 cm³/mol. The maximum absolute atomic E-state index is 8.68. The van der Waals surface area contributed by atoms with Crippen molar-refractivity contribution in [2.75, 3.05) is 39.6 Å². The third kappa shape index (κ3) is 8.69. The minimum absolute atomic E-state index is 0.0151. The first-order valence-electron chi connectivity index (χ1n) is 10.2. The molecule has 4 atom stereocenters. The molecule has 1 aliphatic heterocycles. The average molecular weight is 372 g/mol. The first-order valence-corrected chi connectivity index (χ1v) is 10.2. The maximum Gasteiger partial charge on any atom is 0.112 e. The van der Waals surface area contributed by atoms with E-state index in [-0.39, 0.29) is 24.2 Å². The lowest BCUT2D eigenvalue weighted by Gasteiger charge is -2.42. The molecule has 0 bridgehead atoms. The smallest absolute Gasteiger partial charge is 0.112 e. The molecule has 7 nitrogen and oxygen atoms in total. The molecule has 0 saturated carbocycles. The van der Waals surface area contributed by atoms with E-state index in [1.54, 1.807) is 0 Å². The molecule has 0 aromatic heterocycles. The highest BCUT2D eigenvalue weighted by atomic mass is 16.6. The van der Waals surface area contributed by atoms with E-state index < -0.39 is 0 Å². The Bertz CT molecular complexity index is 391. The van der Waals surface area contributed by atoms with Crippen LogP contribution in [-0.2, 0) is 18.9 Å². The lowest BCUT2D eigenvalue weighted by Crippen LogP contribution is -2.55. The fraction of sp³-hybridized carbons (Fsp3) is 1.00. The number of rotatable bonds is 15. The summed E-state index contributed by atoms with van der Waals surface area (Å²) in [7, 11) is 0. The summed E-state index contributed by atoms with van der Waals surface area (Å²) in [5, 5.41) is 3.75. The van der Waals surface area contributed by atoms with Crippen molar-refractivity contribution >= 4 is 0 Å². The van der Waals surface area contributed by atoms with Gasteiger partial charge in [-0.15, -0.1) is 0 Å². The van der Waals surface area contributed by atoms with Crippen LogP contribution in [0.2, 0.25) is 0 Å². The molecule has 0 unspecified atom stereocenters. The van der Waals surface area contributed by atoms with Gasteiger partial charge in [0, 0.05) is 37.2 Å². The third-order valence-electron chi connectivity index (χ3n) is 4.60. The van der Waals surface area contributed by atoms with E-state index >= 15 is 0 Å². The van der Waals surface area contributed by atoms with Crippen LogP contribution in [0, 0.1) is 5.92 Å². The summed E-state index contributed by atoms with van der Waals surface area (Å²) in [6.45, 7) is 9.92. The number of hydrogen-bond donors (Lipinski definition) is 0. The maximum atomic E-state index is 8.68. The topological polar surface area (TPSA) is 85.7 Å². The molecular weight excluding hydrogens is 334 g/mol. The second-order valence-electron chi connectivity index (χ2n) is 6.85. The van der Waals surface area contributed by atoms with Crippen LogP contribution in [0.15, 0.2) is 5.11 Å². The van der Waals surface area contributed by atoms with Crippen molar-refractivity contribution in [3.05, 3.63) is 10.4 Å². The normalized spacial score (nSPS) is 25.8. The molecule has 1 fully saturated rings. The van der Waals surface area contributed by atoms with Gasteiger partial charge in [0.05, 0.1) is 19.3 Å². The molecule has 1 rings (SSSR count). The van der Waals surface area contributed by atoms with E-state index in [0.29, 0.717) is 33.0 Å². The van der Waals surface area contributed by atoms with E-state index in [4.69, 9.17) is 24.5 Å². The Morgan fingerprint density at radius 3 is 2.19 bits per heavy atom. The van der Waals surface area contributed by atoms with Gasteiger partial charge in [-0.3, -0.25) is 0 Å². The van der Waals surface area contributed by atoms with Gasteiger partial charge in [0.15, 0.2) is 0 Å². The molecule has 0 aromatic rings. The Hall–Kier alpha value is -0.850. The van der Waals surface area contributed by atoms with Gasteiger partial charge in [0.25, 0.3) is 0 Å². The van der Waals surface area contributed by atoms with Crippen LogP contribution < -0.4 is 0 Å². The van der Waals surface area contributed by atoms with E-state index in [2.05, 4.69) is 30.8 Å². The Morgan fingerprint density at radius 1 is 0.962 bits per heavy atom. The van der Waals surface area contributed by atoms with Gasteiger partial charge < -0.3 is 18.9 Å². The first-order chi connectivity index (χ1) is 12.8.